The molecule has 0 spiro atoms. The summed E-state index contributed by atoms with van der Waals surface area (Å²) in [5.74, 6) is -1.19. The SMILES string of the molecule is C=CC.CCOC(C)(OC)C(CO)(CO)CO. The predicted molar refractivity (Wildman–Crippen MR) is 66.6 cm³/mol. The van der Waals surface area contributed by atoms with Crippen molar-refractivity contribution in [2.24, 2.45) is 5.41 Å². The van der Waals surface area contributed by atoms with Crippen molar-refractivity contribution in [2.45, 2.75) is 26.6 Å². The van der Waals surface area contributed by atoms with Crippen LogP contribution in [0.15, 0.2) is 12.7 Å². The number of rotatable bonds is 7. The Bertz CT molecular complexity index is 183. The molecule has 0 saturated heterocycles. The molecule has 0 bridgehead atoms. The van der Waals surface area contributed by atoms with E-state index < -0.39 is 31.0 Å². The van der Waals surface area contributed by atoms with Crippen LogP contribution in [0.4, 0.5) is 0 Å². The Morgan fingerprint density at radius 2 is 1.53 bits per heavy atom. The van der Waals surface area contributed by atoms with Crippen molar-refractivity contribution in [3.63, 3.8) is 0 Å². The number of hydrogen-bond acceptors (Lipinski definition) is 5. The van der Waals surface area contributed by atoms with E-state index in [1.165, 1.54) is 7.11 Å². The molecule has 17 heavy (non-hydrogen) atoms. The topological polar surface area (TPSA) is 79.2 Å². The van der Waals surface area contributed by atoms with E-state index in [4.69, 9.17) is 9.47 Å². The number of aliphatic hydroxyl groups excluding tert-OH is 3. The van der Waals surface area contributed by atoms with Gasteiger partial charge >= 0.3 is 0 Å². The monoisotopic (exact) mass is 250 g/mol. The summed E-state index contributed by atoms with van der Waals surface area (Å²) in [6, 6.07) is 0. The summed E-state index contributed by atoms with van der Waals surface area (Å²) in [5.41, 5.74) is -1.20. The normalized spacial score (nSPS) is 14.5. The van der Waals surface area contributed by atoms with Crippen molar-refractivity contribution in [2.75, 3.05) is 33.5 Å². The van der Waals surface area contributed by atoms with Crippen LogP contribution in [0.25, 0.3) is 0 Å². The molecule has 0 aliphatic carbocycles. The quantitative estimate of drug-likeness (QED) is 0.454. The first-order chi connectivity index (χ1) is 7.97. The van der Waals surface area contributed by atoms with E-state index in [0.29, 0.717) is 6.61 Å². The molecule has 0 aromatic carbocycles. The zero-order valence-electron chi connectivity index (χ0n) is 11.3. The Kier molecular flexibility index (Phi) is 10.6. The van der Waals surface area contributed by atoms with Crippen LogP contribution < -0.4 is 0 Å². The van der Waals surface area contributed by atoms with Crippen LogP contribution in [0.1, 0.15) is 20.8 Å². The van der Waals surface area contributed by atoms with E-state index in [0.717, 1.165) is 0 Å². The number of ether oxygens (including phenoxy) is 2. The van der Waals surface area contributed by atoms with Crippen LogP contribution in [0.5, 0.6) is 0 Å². The molecule has 0 fully saturated rings. The van der Waals surface area contributed by atoms with Gasteiger partial charge in [-0.3, -0.25) is 0 Å². The van der Waals surface area contributed by atoms with Gasteiger partial charge in [0.25, 0.3) is 0 Å². The molecular formula is C12H26O5. The number of allylic oxidation sites excluding steroid dienone is 1. The Morgan fingerprint density at radius 1 is 1.18 bits per heavy atom. The van der Waals surface area contributed by atoms with E-state index in [-0.39, 0.29) is 0 Å². The maximum atomic E-state index is 9.19. The van der Waals surface area contributed by atoms with Gasteiger partial charge in [0.15, 0.2) is 5.79 Å². The number of aliphatic hydroxyl groups is 3. The third-order valence-electron chi connectivity index (χ3n) is 2.68. The molecule has 104 valence electrons. The second-order valence-corrected chi connectivity index (χ2v) is 3.75. The fourth-order valence-electron chi connectivity index (χ4n) is 1.28. The zero-order chi connectivity index (χ0) is 13.9. The molecule has 0 aromatic heterocycles. The Labute approximate surface area is 104 Å². The van der Waals surface area contributed by atoms with E-state index >= 15 is 0 Å². The fraction of sp³-hybridized carbons (Fsp3) is 0.833. The Hall–Kier alpha value is -0.460. The first kappa shape index (κ1) is 18.9. The third kappa shape index (κ3) is 4.73. The van der Waals surface area contributed by atoms with Crippen molar-refractivity contribution < 1.29 is 24.8 Å². The Balaban J connectivity index is 0. The lowest BCUT2D eigenvalue weighted by atomic mass is 9.82. The van der Waals surface area contributed by atoms with Crippen molar-refractivity contribution >= 4 is 0 Å². The van der Waals surface area contributed by atoms with Gasteiger partial charge in [0, 0.05) is 13.7 Å². The molecule has 1 atom stereocenters. The highest BCUT2D eigenvalue weighted by atomic mass is 16.7. The van der Waals surface area contributed by atoms with Gasteiger partial charge in [-0.25, -0.2) is 0 Å². The molecule has 0 amide bonds. The minimum atomic E-state index is -1.20. The first-order valence-corrected chi connectivity index (χ1v) is 5.56. The van der Waals surface area contributed by atoms with Crippen molar-refractivity contribution in [3.8, 4) is 0 Å². The summed E-state index contributed by atoms with van der Waals surface area (Å²) >= 11 is 0. The third-order valence-corrected chi connectivity index (χ3v) is 2.68. The smallest absolute Gasteiger partial charge is 0.177 e. The van der Waals surface area contributed by atoms with E-state index in [1.807, 2.05) is 6.92 Å². The fourth-order valence-corrected chi connectivity index (χ4v) is 1.28. The average molecular weight is 250 g/mol. The van der Waals surface area contributed by atoms with Crippen molar-refractivity contribution in [3.05, 3.63) is 12.7 Å². The number of methoxy groups -OCH3 is 1. The standard InChI is InChI=1S/C9H20O5.C3H6/c1-4-14-8(2,13-3)9(5-10,6-11)7-12;1-3-2/h10-12H,4-7H2,1-3H3;3H,1H2,2H3. The molecule has 0 heterocycles. The molecule has 0 radical (unpaired) electrons. The minimum absolute atomic E-state index is 0.367. The molecule has 0 saturated carbocycles. The van der Waals surface area contributed by atoms with Gasteiger partial charge in [0.1, 0.15) is 0 Å². The van der Waals surface area contributed by atoms with Gasteiger partial charge in [0.2, 0.25) is 0 Å². The minimum Gasteiger partial charge on any atom is -0.395 e. The van der Waals surface area contributed by atoms with Gasteiger partial charge < -0.3 is 24.8 Å². The van der Waals surface area contributed by atoms with Gasteiger partial charge in [-0.15, -0.1) is 6.58 Å². The lowest BCUT2D eigenvalue weighted by Gasteiger charge is -2.43. The van der Waals surface area contributed by atoms with E-state index in [9.17, 15) is 15.3 Å². The molecule has 0 aliphatic rings. The summed E-state index contributed by atoms with van der Waals surface area (Å²) in [6.07, 6.45) is 1.75. The van der Waals surface area contributed by atoms with Crippen LogP contribution in [-0.4, -0.2) is 54.6 Å². The van der Waals surface area contributed by atoms with Crippen molar-refractivity contribution in [1.29, 1.82) is 0 Å². The lowest BCUT2D eigenvalue weighted by Crippen LogP contribution is -2.56. The lowest BCUT2D eigenvalue weighted by molar-refractivity contribution is -0.298. The highest BCUT2D eigenvalue weighted by molar-refractivity contribution is 4.90. The van der Waals surface area contributed by atoms with Gasteiger partial charge in [-0.2, -0.15) is 0 Å². The zero-order valence-corrected chi connectivity index (χ0v) is 11.3. The van der Waals surface area contributed by atoms with Gasteiger partial charge in [0.05, 0.1) is 25.2 Å². The molecule has 0 aromatic rings. The summed E-state index contributed by atoms with van der Waals surface area (Å²) in [5, 5.41) is 27.6. The first-order valence-electron chi connectivity index (χ1n) is 5.56. The largest absolute Gasteiger partial charge is 0.395 e. The van der Waals surface area contributed by atoms with Crippen LogP contribution >= 0.6 is 0 Å². The molecule has 1 unspecified atom stereocenters. The summed E-state index contributed by atoms with van der Waals surface area (Å²) in [4.78, 5) is 0. The second-order valence-electron chi connectivity index (χ2n) is 3.75. The second kappa shape index (κ2) is 9.56. The van der Waals surface area contributed by atoms with E-state index in [2.05, 4.69) is 6.58 Å². The van der Waals surface area contributed by atoms with Gasteiger partial charge in [-0.05, 0) is 20.8 Å². The highest BCUT2D eigenvalue weighted by Gasteiger charge is 2.49. The highest BCUT2D eigenvalue weighted by Crippen LogP contribution is 2.34. The molecule has 0 aliphatic heterocycles. The van der Waals surface area contributed by atoms with E-state index in [1.54, 1.807) is 19.9 Å². The van der Waals surface area contributed by atoms with Gasteiger partial charge in [-0.1, -0.05) is 6.08 Å². The summed E-state index contributed by atoms with van der Waals surface area (Å²) < 4.78 is 10.4. The molecule has 3 N–H and O–H groups in total. The molecule has 0 rings (SSSR count). The van der Waals surface area contributed by atoms with Crippen LogP contribution in [-0.2, 0) is 9.47 Å². The maximum Gasteiger partial charge on any atom is 0.177 e. The molecular weight excluding hydrogens is 224 g/mol. The number of hydrogen-bond donors (Lipinski definition) is 3. The Morgan fingerprint density at radius 3 is 1.71 bits per heavy atom. The summed E-state index contributed by atoms with van der Waals surface area (Å²) in [6.45, 7) is 7.73. The van der Waals surface area contributed by atoms with Crippen molar-refractivity contribution in [1.82, 2.24) is 0 Å². The average Bonchev–Trinajstić information content (AvgIpc) is 2.33. The molecule has 5 heteroatoms. The maximum absolute atomic E-state index is 9.19. The predicted octanol–water partition coefficient (Wildman–Crippen LogP) is 0.541. The van der Waals surface area contributed by atoms with Crippen LogP contribution in [0.3, 0.4) is 0 Å². The van der Waals surface area contributed by atoms with Crippen LogP contribution in [0.2, 0.25) is 0 Å². The van der Waals surface area contributed by atoms with Crippen LogP contribution in [0, 0.1) is 5.41 Å². The molecule has 5 nitrogen and oxygen atoms in total. The summed E-state index contributed by atoms with van der Waals surface area (Å²) in [7, 11) is 1.41.